The molecule has 1 aliphatic carbocycles. The zero-order chi connectivity index (χ0) is 26.6. The molecule has 4 aromatic rings. The van der Waals surface area contributed by atoms with Gasteiger partial charge in [-0.05, 0) is 55.4 Å². The molecule has 1 N–H and O–H groups in total. The maximum atomic E-state index is 13.4. The maximum Gasteiger partial charge on any atom is 0.341 e. The summed E-state index contributed by atoms with van der Waals surface area (Å²) in [6, 6.07) is 5.84. The number of amides is 1. The molecule has 1 aromatic carbocycles. The van der Waals surface area contributed by atoms with E-state index >= 15 is 0 Å². The highest BCUT2D eigenvalue weighted by molar-refractivity contribution is 7.99. The van der Waals surface area contributed by atoms with Crippen LogP contribution in [0.1, 0.15) is 47.0 Å². The minimum absolute atomic E-state index is 0.105. The van der Waals surface area contributed by atoms with Crippen molar-refractivity contribution in [3.8, 4) is 22.5 Å². The van der Waals surface area contributed by atoms with E-state index in [0.717, 1.165) is 37.2 Å². The summed E-state index contributed by atoms with van der Waals surface area (Å²) in [5, 5.41) is 16.8. The zero-order valence-electron chi connectivity index (χ0n) is 21.1. The first-order chi connectivity index (χ1) is 18.5. The average Bonchev–Trinajstić information content (AvgIpc) is 3.65. The summed E-state index contributed by atoms with van der Waals surface area (Å²) in [5.41, 5.74) is 4.05. The van der Waals surface area contributed by atoms with Crippen LogP contribution in [0.3, 0.4) is 0 Å². The van der Waals surface area contributed by atoms with Gasteiger partial charge < -0.3 is 14.6 Å². The van der Waals surface area contributed by atoms with Crippen LogP contribution in [0.15, 0.2) is 40.2 Å². The first kappa shape index (κ1) is 26.6. The molecule has 0 bridgehead atoms. The third-order valence-electron chi connectivity index (χ3n) is 6.39. The number of carbonyl (C=O) groups is 2. The lowest BCUT2D eigenvalue weighted by Crippen LogP contribution is -2.16. The molecule has 0 saturated heterocycles. The Labute approximate surface area is 232 Å². The molecule has 0 fully saturated rings. The van der Waals surface area contributed by atoms with Gasteiger partial charge in [0.1, 0.15) is 16.4 Å². The highest BCUT2D eigenvalue weighted by atomic mass is 32.2. The highest BCUT2D eigenvalue weighted by Gasteiger charge is 2.24. The van der Waals surface area contributed by atoms with E-state index in [2.05, 4.69) is 32.4 Å². The van der Waals surface area contributed by atoms with Gasteiger partial charge in [-0.15, -0.1) is 32.9 Å². The van der Waals surface area contributed by atoms with Crippen LogP contribution in [-0.4, -0.2) is 39.5 Å². The number of hydrogen-bond acceptors (Lipinski definition) is 8. The Morgan fingerprint density at radius 2 is 1.87 bits per heavy atom. The molecule has 3 aromatic heterocycles. The van der Waals surface area contributed by atoms with Crippen LogP contribution < -0.4 is 5.32 Å². The largest absolute Gasteiger partial charge is 0.465 e. The lowest BCUT2D eigenvalue weighted by molar-refractivity contribution is -0.113. The lowest BCUT2D eigenvalue weighted by atomic mass is 9.95. The van der Waals surface area contributed by atoms with Gasteiger partial charge in [0.05, 0.1) is 12.9 Å². The van der Waals surface area contributed by atoms with E-state index in [-0.39, 0.29) is 23.0 Å². The fourth-order valence-electron chi connectivity index (χ4n) is 4.59. The predicted molar refractivity (Wildman–Crippen MR) is 151 cm³/mol. The van der Waals surface area contributed by atoms with Gasteiger partial charge >= 0.3 is 5.97 Å². The number of halogens is 1. The second-order valence-corrected chi connectivity index (χ2v) is 11.7. The topological polar surface area (TPSA) is 86.1 Å². The summed E-state index contributed by atoms with van der Waals surface area (Å²) in [4.78, 5) is 27.0. The summed E-state index contributed by atoms with van der Waals surface area (Å²) < 4.78 is 20.5. The number of nitrogens with zero attached hydrogens (tertiary/aromatic N) is 3. The third kappa shape index (κ3) is 5.41. The molecule has 0 atom stereocenters. The van der Waals surface area contributed by atoms with E-state index in [0.29, 0.717) is 21.3 Å². The molecule has 1 amide bonds. The number of thioether (sulfide) groups is 1. The summed E-state index contributed by atoms with van der Waals surface area (Å²) in [6.07, 6.45) is 5.54. The molecule has 3 heterocycles. The number of anilines is 1. The molecule has 1 aliphatic rings. The van der Waals surface area contributed by atoms with Crippen LogP contribution in [0.2, 0.25) is 0 Å². The second-order valence-electron chi connectivity index (χ2n) is 8.90. The lowest BCUT2D eigenvalue weighted by Gasteiger charge is -2.13. The van der Waals surface area contributed by atoms with Crippen molar-refractivity contribution in [3.63, 3.8) is 0 Å². The van der Waals surface area contributed by atoms with Gasteiger partial charge in [0.25, 0.3) is 0 Å². The highest BCUT2D eigenvalue weighted by Crippen LogP contribution is 2.38. The molecule has 11 heteroatoms. The van der Waals surface area contributed by atoms with Crippen molar-refractivity contribution < 1.29 is 18.7 Å². The number of esters is 1. The van der Waals surface area contributed by atoms with E-state index < -0.39 is 5.97 Å². The van der Waals surface area contributed by atoms with Crippen molar-refractivity contribution >= 4 is 51.3 Å². The fourth-order valence-corrected chi connectivity index (χ4v) is 7.45. The molecular formula is C27H27FN4O3S3. The van der Waals surface area contributed by atoms with E-state index in [1.165, 1.54) is 65.6 Å². The molecule has 0 spiro atoms. The van der Waals surface area contributed by atoms with Crippen LogP contribution >= 0.6 is 34.4 Å². The summed E-state index contributed by atoms with van der Waals surface area (Å²) in [7, 11) is 1.29. The third-order valence-corrected chi connectivity index (χ3v) is 9.34. The minimum Gasteiger partial charge on any atom is -0.465 e. The first-order valence-corrected chi connectivity index (χ1v) is 15.2. The number of nitrogens with one attached hydrogen (secondary N) is 1. The van der Waals surface area contributed by atoms with Crippen LogP contribution in [-0.2, 0) is 28.9 Å². The molecule has 38 heavy (non-hydrogen) atoms. The quantitative estimate of drug-likeness (QED) is 0.178. The predicted octanol–water partition coefficient (Wildman–Crippen LogP) is 6.68. The summed E-state index contributed by atoms with van der Waals surface area (Å²) in [5.74, 6) is -0.238. The molecule has 0 saturated carbocycles. The monoisotopic (exact) mass is 570 g/mol. The number of carbonyl (C=O) groups excluding carboxylic acids is 2. The number of methoxy groups -OCH3 is 1. The number of hydrogen-bond donors (Lipinski definition) is 1. The Hall–Kier alpha value is -3.02. The summed E-state index contributed by atoms with van der Waals surface area (Å²) in [6.45, 7) is 2.87. The molecule has 7 nitrogen and oxygen atoms in total. The Morgan fingerprint density at radius 3 is 2.63 bits per heavy atom. The molecule has 5 rings (SSSR count). The Morgan fingerprint density at radius 1 is 1.11 bits per heavy atom. The van der Waals surface area contributed by atoms with Crippen LogP contribution in [0.5, 0.6) is 0 Å². The Bertz CT molecular complexity index is 1460. The van der Waals surface area contributed by atoms with Crippen LogP contribution in [0.25, 0.3) is 22.5 Å². The minimum atomic E-state index is -0.569. The molecular weight excluding hydrogens is 544 g/mol. The van der Waals surface area contributed by atoms with Gasteiger partial charge in [-0.2, -0.15) is 0 Å². The first-order valence-electron chi connectivity index (χ1n) is 12.4. The normalized spacial score (nSPS) is 12.8. The number of rotatable bonds is 9. The number of benzene rings is 1. The fraction of sp³-hybridized carbons (Fsp3) is 0.333. The van der Waals surface area contributed by atoms with E-state index in [1.807, 2.05) is 0 Å². The zero-order valence-corrected chi connectivity index (χ0v) is 23.5. The van der Waals surface area contributed by atoms with Crippen molar-refractivity contribution in [1.29, 1.82) is 0 Å². The van der Waals surface area contributed by atoms with E-state index in [4.69, 9.17) is 4.74 Å². The van der Waals surface area contributed by atoms with Crippen molar-refractivity contribution in [1.82, 2.24) is 14.8 Å². The van der Waals surface area contributed by atoms with Gasteiger partial charge in [-0.25, -0.2) is 9.18 Å². The standard InChI is InChI=1S/C27H27FN4O3S3/c1-3-12-32-24(20-14-36-21-7-5-4-6-18(20)21)30-31-27(32)38-15-22(33)29-25-23(26(34)35-2)19(13-37-25)16-8-10-17(28)11-9-16/h8-11,13-14H,3-7,12,15H2,1-2H3,(H,29,33). The van der Waals surface area contributed by atoms with Crippen LogP contribution in [0.4, 0.5) is 9.39 Å². The number of aryl methyl sites for hydroxylation is 1. The van der Waals surface area contributed by atoms with Gasteiger partial charge in [-0.1, -0.05) is 30.8 Å². The van der Waals surface area contributed by atoms with Crippen LogP contribution in [0, 0.1) is 5.82 Å². The number of ether oxygens (including phenoxy) is 1. The van der Waals surface area contributed by atoms with Gasteiger partial charge in [0, 0.05) is 33.3 Å². The summed E-state index contributed by atoms with van der Waals surface area (Å²) >= 11 is 4.35. The maximum absolute atomic E-state index is 13.4. The number of aromatic nitrogens is 3. The smallest absolute Gasteiger partial charge is 0.341 e. The molecule has 0 aliphatic heterocycles. The average molecular weight is 571 g/mol. The molecule has 198 valence electrons. The second kappa shape index (κ2) is 11.8. The van der Waals surface area contributed by atoms with Gasteiger partial charge in [0.15, 0.2) is 11.0 Å². The molecule has 0 unspecified atom stereocenters. The van der Waals surface area contributed by atoms with Crippen molar-refractivity contribution in [2.24, 2.45) is 0 Å². The SMILES string of the molecule is CCCn1c(SCC(=O)Nc2scc(-c3ccc(F)cc3)c2C(=O)OC)nnc1-c1csc2c1CCCC2. The van der Waals surface area contributed by atoms with Gasteiger partial charge in [0.2, 0.25) is 5.91 Å². The van der Waals surface area contributed by atoms with Crippen molar-refractivity contribution in [2.75, 3.05) is 18.2 Å². The number of fused-ring (bicyclic) bond motifs is 1. The number of thiophene rings is 2. The Balaban J connectivity index is 1.33. The Kier molecular flexibility index (Phi) is 8.25. The van der Waals surface area contributed by atoms with Crippen molar-refractivity contribution in [2.45, 2.75) is 50.7 Å². The van der Waals surface area contributed by atoms with Crippen molar-refractivity contribution in [3.05, 3.63) is 56.8 Å². The van der Waals surface area contributed by atoms with E-state index in [9.17, 15) is 14.0 Å². The molecule has 0 radical (unpaired) electrons. The van der Waals surface area contributed by atoms with Gasteiger partial charge in [-0.3, -0.25) is 4.79 Å². The van der Waals surface area contributed by atoms with E-state index in [1.54, 1.807) is 28.8 Å².